The van der Waals surface area contributed by atoms with E-state index in [1.807, 2.05) is 66.1 Å². The number of nitrogens with one attached hydrogen (secondary N) is 4. The Labute approximate surface area is 368 Å². The van der Waals surface area contributed by atoms with Gasteiger partial charge < -0.3 is 39.9 Å². The number of hydrogen-bond acceptors (Lipinski definition) is 9. The van der Waals surface area contributed by atoms with Crippen molar-refractivity contribution in [3.63, 3.8) is 0 Å². The van der Waals surface area contributed by atoms with Gasteiger partial charge in [-0.3, -0.25) is 9.59 Å². The number of amides is 4. The SMILES string of the molecule is COC(=O)NC(C(=O)N1CCC[C@H]1c1nc2c(ccc3cc(-c4ccc5c(ccc6[nH]c(C7C[C@H](SC)CN7C(=O)[C@H](NC(=O)OC)c7ccccc7)nc65)c4)ccc32)[nH]1)C(C)C. The van der Waals surface area contributed by atoms with Crippen molar-refractivity contribution in [2.75, 3.05) is 33.6 Å². The third kappa shape index (κ3) is 7.90. The van der Waals surface area contributed by atoms with E-state index in [9.17, 15) is 19.2 Å². The van der Waals surface area contributed by atoms with Crippen molar-refractivity contribution >= 4 is 79.4 Å². The molecule has 0 saturated carbocycles. The van der Waals surface area contributed by atoms with Gasteiger partial charge in [0.25, 0.3) is 5.91 Å². The molecule has 7 aromatic rings. The number of ether oxygens (including phenoxy) is 2. The fraction of sp³-hybridized carbons (Fsp3) is 0.333. The fourth-order valence-electron chi connectivity index (χ4n) is 9.26. The third-order valence-electron chi connectivity index (χ3n) is 12.6. The van der Waals surface area contributed by atoms with E-state index in [-0.39, 0.29) is 35.1 Å². The van der Waals surface area contributed by atoms with Crippen LogP contribution in [0.1, 0.15) is 68.4 Å². The number of carbonyl (C=O) groups excluding carboxylic acids is 4. The number of hydrogen-bond donors (Lipinski definition) is 4. The summed E-state index contributed by atoms with van der Waals surface area (Å²) in [5.74, 6) is 0.967. The van der Waals surface area contributed by atoms with Gasteiger partial charge in [-0.05, 0) is 83.2 Å². The lowest BCUT2D eigenvalue weighted by Crippen LogP contribution is -2.51. The molecule has 0 bridgehead atoms. The highest BCUT2D eigenvalue weighted by Crippen LogP contribution is 2.40. The Kier molecular flexibility index (Phi) is 11.4. The monoisotopic (exact) mass is 866 g/mol. The van der Waals surface area contributed by atoms with E-state index < -0.39 is 24.3 Å². The number of nitrogens with zero attached hydrogens (tertiary/aromatic N) is 4. The number of H-pyrrole nitrogens is 2. The van der Waals surface area contributed by atoms with E-state index >= 15 is 0 Å². The van der Waals surface area contributed by atoms with Gasteiger partial charge in [-0.15, -0.1) is 0 Å². The summed E-state index contributed by atoms with van der Waals surface area (Å²) >= 11 is 1.72. The molecule has 4 heterocycles. The number of rotatable bonds is 10. The summed E-state index contributed by atoms with van der Waals surface area (Å²) in [6, 6.07) is 28.1. The predicted octanol–water partition coefficient (Wildman–Crippen LogP) is 8.56. The summed E-state index contributed by atoms with van der Waals surface area (Å²) in [6.07, 6.45) is 3.08. The summed E-state index contributed by atoms with van der Waals surface area (Å²) in [6.45, 7) is 4.92. The number of alkyl carbamates (subject to hydrolysis) is 2. The van der Waals surface area contributed by atoms with E-state index in [1.54, 1.807) is 11.8 Å². The first-order chi connectivity index (χ1) is 30.5. The first-order valence-electron chi connectivity index (χ1n) is 21.3. The highest BCUT2D eigenvalue weighted by molar-refractivity contribution is 7.99. The van der Waals surface area contributed by atoms with Gasteiger partial charge in [-0.2, -0.15) is 11.8 Å². The maximum absolute atomic E-state index is 14.3. The number of thioether (sulfide) groups is 1. The Bertz CT molecular complexity index is 2880. The molecule has 0 aliphatic carbocycles. The zero-order chi connectivity index (χ0) is 43.9. The van der Waals surface area contributed by atoms with E-state index in [4.69, 9.17) is 19.4 Å². The Morgan fingerprint density at radius 2 is 1.32 bits per heavy atom. The standard InChI is InChI=1S/C48H50N8O6S/c1-26(2)39(53-47(59)61-3)45(57)55-21-9-12-37(55)43-49-35-19-15-30-22-28(13-17-33(30)41(35)51-43)29-14-18-34-31(23-29)16-20-36-42(34)52-44(50-36)38-24-32(63-5)25-56(38)46(58)40(54-48(60)62-4)27-10-7-6-8-11-27/h6-8,10-11,13-20,22-23,26,32,37-40H,9,12,21,24-25H2,1-5H3,(H,49,51)(H,50,52)(H,53,59)(H,54,60)/t32-,37-,38?,39?,40+/m0/s1. The largest absolute Gasteiger partial charge is 0.453 e. The molecule has 15 heteroatoms. The van der Waals surface area contributed by atoms with Gasteiger partial charge in [0.1, 0.15) is 23.7 Å². The van der Waals surface area contributed by atoms with Gasteiger partial charge in [-0.25, -0.2) is 19.6 Å². The summed E-state index contributed by atoms with van der Waals surface area (Å²) < 4.78 is 9.70. The van der Waals surface area contributed by atoms with Crippen LogP contribution in [-0.2, 0) is 19.1 Å². The minimum atomic E-state index is -0.912. The van der Waals surface area contributed by atoms with Crippen molar-refractivity contribution in [3.8, 4) is 11.1 Å². The smallest absolute Gasteiger partial charge is 0.407 e. The minimum Gasteiger partial charge on any atom is -0.453 e. The van der Waals surface area contributed by atoms with Crippen LogP contribution in [0, 0.1) is 5.92 Å². The predicted molar refractivity (Wildman–Crippen MR) is 245 cm³/mol. The number of likely N-dealkylation sites (tertiary alicyclic amines) is 2. The van der Waals surface area contributed by atoms with Crippen molar-refractivity contribution < 1.29 is 28.7 Å². The highest BCUT2D eigenvalue weighted by Gasteiger charge is 2.41. The molecule has 324 valence electrons. The molecule has 14 nitrogen and oxygen atoms in total. The van der Waals surface area contributed by atoms with E-state index in [2.05, 4.69) is 75.4 Å². The zero-order valence-electron chi connectivity index (χ0n) is 35.8. The van der Waals surface area contributed by atoms with Crippen LogP contribution in [0.4, 0.5) is 9.59 Å². The van der Waals surface area contributed by atoms with Crippen LogP contribution >= 0.6 is 11.8 Å². The number of methoxy groups -OCH3 is 2. The van der Waals surface area contributed by atoms with Gasteiger partial charge >= 0.3 is 12.2 Å². The fourth-order valence-corrected chi connectivity index (χ4v) is 9.94. The number of fused-ring (bicyclic) bond motifs is 6. The summed E-state index contributed by atoms with van der Waals surface area (Å²) in [7, 11) is 2.58. The maximum atomic E-state index is 14.3. The lowest BCUT2D eigenvalue weighted by Gasteiger charge is -2.29. The van der Waals surface area contributed by atoms with Crippen molar-refractivity contribution in [1.82, 2.24) is 40.4 Å². The number of imidazole rings is 2. The molecule has 2 aliphatic heterocycles. The molecular formula is C48H50N8O6S. The number of carbonyl (C=O) groups is 4. The lowest BCUT2D eigenvalue weighted by atomic mass is 9.98. The van der Waals surface area contributed by atoms with Crippen LogP contribution in [0.3, 0.4) is 0 Å². The van der Waals surface area contributed by atoms with Crippen molar-refractivity contribution in [2.24, 2.45) is 5.92 Å². The topological polar surface area (TPSA) is 175 Å². The second-order valence-electron chi connectivity index (χ2n) is 16.7. The highest BCUT2D eigenvalue weighted by atomic mass is 32.2. The molecule has 2 saturated heterocycles. The zero-order valence-corrected chi connectivity index (χ0v) is 36.6. The van der Waals surface area contributed by atoms with Crippen LogP contribution in [0.5, 0.6) is 0 Å². The van der Waals surface area contributed by atoms with Crippen LogP contribution in [0.25, 0.3) is 54.7 Å². The first-order valence-corrected chi connectivity index (χ1v) is 22.6. The molecule has 5 aromatic carbocycles. The van der Waals surface area contributed by atoms with Gasteiger partial charge in [0.05, 0.1) is 48.4 Å². The van der Waals surface area contributed by atoms with Crippen molar-refractivity contribution in [1.29, 1.82) is 0 Å². The van der Waals surface area contributed by atoms with Crippen LogP contribution in [-0.4, -0.2) is 98.6 Å². The number of benzene rings is 5. The first kappa shape index (κ1) is 41.7. The maximum Gasteiger partial charge on any atom is 0.407 e. The molecule has 2 aromatic heterocycles. The molecule has 0 radical (unpaired) electrons. The number of aromatic nitrogens is 4. The van der Waals surface area contributed by atoms with Crippen LogP contribution in [0.2, 0.25) is 0 Å². The molecule has 0 spiro atoms. The van der Waals surface area contributed by atoms with Crippen molar-refractivity contribution in [3.05, 3.63) is 108 Å². The Morgan fingerprint density at radius 3 is 1.89 bits per heavy atom. The Morgan fingerprint density at radius 1 is 0.730 bits per heavy atom. The molecule has 63 heavy (non-hydrogen) atoms. The summed E-state index contributed by atoms with van der Waals surface area (Å²) in [5, 5.41) is 9.77. The lowest BCUT2D eigenvalue weighted by molar-refractivity contribution is -0.135. The van der Waals surface area contributed by atoms with Gasteiger partial charge in [-0.1, -0.05) is 80.6 Å². The van der Waals surface area contributed by atoms with Crippen LogP contribution < -0.4 is 10.6 Å². The van der Waals surface area contributed by atoms with Gasteiger partial charge in [0.2, 0.25) is 5.91 Å². The summed E-state index contributed by atoms with van der Waals surface area (Å²) in [4.78, 5) is 73.5. The second kappa shape index (κ2) is 17.3. The molecule has 2 unspecified atom stereocenters. The van der Waals surface area contributed by atoms with Gasteiger partial charge in [0.15, 0.2) is 0 Å². The minimum absolute atomic E-state index is 0.118. The molecule has 4 N–H and O–H groups in total. The third-order valence-corrected chi connectivity index (χ3v) is 13.6. The molecule has 2 fully saturated rings. The second-order valence-corrected chi connectivity index (χ2v) is 17.8. The molecule has 2 aliphatic rings. The summed E-state index contributed by atoms with van der Waals surface area (Å²) in [5.41, 5.74) is 6.25. The van der Waals surface area contributed by atoms with Gasteiger partial charge in [0, 0.05) is 29.1 Å². The normalized spacial score (nSPS) is 18.7. The Hall–Kier alpha value is -6.61. The average Bonchev–Trinajstić information content (AvgIpc) is 4.14. The molecule has 4 amide bonds. The van der Waals surface area contributed by atoms with E-state index in [1.165, 1.54) is 14.2 Å². The van der Waals surface area contributed by atoms with Crippen molar-refractivity contribution in [2.45, 2.75) is 62.5 Å². The van der Waals surface area contributed by atoms with E-state index in [0.29, 0.717) is 24.5 Å². The molecule has 5 atom stereocenters. The Balaban J connectivity index is 0.985. The number of aromatic amines is 2. The average molecular weight is 867 g/mol. The van der Waals surface area contributed by atoms with E-state index in [0.717, 1.165) is 79.8 Å². The quantitative estimate of drug-likeness (QED) is 0.105. The molecular weight excluding hydrogens is 817 g/mol. The van der Waals surface area contributed by atoms with Crippen LogP contribution in [0.15, 0.2) is 91.0 Å². The molecule has 9 rings (SSSR count).